The first kappa shape index (κ1) is 21.6. The lowest BCUT2D eigenvalue weighted by Crippen LogP contribution is -2.49. The van der Waals surface area contributed by atoms with Crippen molar-refractivity contribution in [3.05, 3.63) is 0 Å². The molecule has 0 spiro atoms. The molecular formula is C22H40N4O2. The predicted octanol–water partition coefficient (Wildman–Crippen LogP) is 1.81. The van der Waals surface area contributed by atoms with Gasteiger partial charge < -0.3 is 15.1 Å². The summed E-state index contributed by atoms with van der Waals surface area (Å²) in [5, 5.41) is 3.23. The number of hydrogen-bond donors (Lipinski definition) is 1. The van der Waals surface area contributed by atoms with Gasteiger partial charge in [-0.1, -0.05) is 6.92 Å². The molecule has 0 aromatic rings. The summed E-state index contributed by atoms with van der Waals surface area (Å²) < 4.78 is 0. The Labute approximate surface area is 171 Å². The molecule has 0 aromatic heterocycles. The van der Waals surface area contributed by atoms with E-state index in [0.29, 0.717) is 18.4 Å². The Kier molecular flexibility index (Phi) is 8.15. The minimum atomic E-state index is 0.122. The van der Waals surface area contributed by atoms with E-state index in [-0.39, 0.29) is 11.8 Å². The van der Waals surface area contributed by atoms with Gasteiger partial charge in [-0.25, -0.2) is 0 Å². The number of carbonyl (C=O) groups excluding carboxylic acids is 2. The highest BCUT2D eigenvalue weighted by molar-refractivity contribution is 5.81. The van der Waals surface area contributed by atoms with Crippen molar-refractivity contribution in [2.75, 3.05) is 59.4 Å². The molecule has 6 heteroatoms. The molecule has 0 bridgehead atoms. The number of likely N-dealkylation sites (tertiary alicyclic amines) is 3. The van der Waals surface area contributed by atoms with Gasteiger partial charge in [0.05, 0.1) is 6.54 Å². The lowest BCUT2D eigenvalue weighted by Gasteiger charge is -2.38. The molecule has 160 valence electrons. The summed E-state index contributed by atoms with van der Waals surface area (Å²) >= 11 is 0. The number of carbonyl (C=O) groups is 2. The van der Waals surface area contributed by atoms with Crippen LogP contribution in [-0.2, 0) is 9.59 Å². The number of nitrogens with zero attached hydrogens (tertiary/aromatic N) is 3. The fourth-order valence-electron chi connectivity index (χ4n) is 5.10. The molecule has 3 rings (SSSR count). The first-order chi connectivity index (χ1) is 13.6. The van der Waals surface area contributed by atoms with Gasteiger partial charge in [-0.15, -0.1) is 0 Å². The van der Waals surface area contributed by atoms with Crippen molar-refractivity contribution in [2.24, 2.45) is 17.8 Å². The average molecular weight is 393 g/mol. The van der Waals surface area contributed by atoms with Crippen LogP contribution in [0.5, 0.6) is 0 Å². The van der Waals surface area contributed by atoms with E-state index >= 15 is 0 Å². The monoisotopic (exact) mass is 392 g/mol. The van der Waals surface area contributed by atoms with Crippen LogP contribution in [0.4, 0.5) is 0 Å². The Balaban J connectivity index is 1.36. The summed E-state index contributed by atoms with van der Waals surface area (Å²) in [7, 11) is 2.01. The Morgan fingerprint density at radius 3 is 2.29 bits per heavy atom. The van der Waals surface area contributed by atoms with Crippen molar-refractivity contribution in [3.8, 4) is 0 Å². The zero-order valence-electron chi connectivity index (χ0n) is 18.0. The summed E-state index contributed by atoms with van der Waals surface area (Å²) in [6.45, 7) is 9.31. The molecule has 3 fully saturated rings. The normalized spacial score (nSPS) is 25.9. The Bertz CT molecular complexity index is 511. The first-order valence-corrected chi connectivity index (χ1v) is 11.5. The molecule has 6 nitrogen and oxygen atoms in total. The smallest absolute Gasteiger partial charge is 0.236 e. The summed E-state index contributed by atoms with van der Waals surface area (Å²) in [5.41, 5.74) is 0. The van der Waals surface area contributed by atoms with Crippen LogP contribution in [0, 0.1) is 17.8 Å². The SMILES string of the molecule is CNCCC1CCN(CC(=O)N2CCC(C(=O)N3CCCC(C)C3)CC2)CC1. The molecule has 1 atom stereocenters. The average Bonchev–Trinajstić information content (AvgIpc) is 2.73. The van der Waals surface area contributed by atoms with Crippen molar-refractivity contribution in [2.45, 2.75) is 51.9 Å². The van der Waals surface area contributed by atoms with E-state index < -0.39 is 0 Å². The fraction of sp³-hybridized carbons (Fsp3) is 0.909. The molecule has 28 heavy (non-hydrogen) atoms. The Hall–Kier alpha value is -1.14. The van der Waals surface area contributed by atoms with Crippen LogP contribution in [0.25, 0.3) is 0 Å². The molecule has 3 saturated heterocycles. The zero-order chi connectivity index (χ0) is 19.9. The quantitative estimate of drug-likeness (QED) is 0.749. The molecule has 0 aliphatic carbocycles. The molecule has 0 aromatic carbocycles. The largest absolute Gasteiger partial charge is 0.342 e. The highest BCUT2D eigenvalue weighted by atomic mass is 16.2. The summed E-state index contributed by atoms with van der Waals surface area (Å²) in [6, 6.07) is 0. The van der Waals surface area contributed by atoms with E-state index in [1.807, 2.05) is 11.9 Å². The number of piperidine rings is 3. The van der Waals surface area contributed by atoms with Crippen molar-refractivity contribution < 1.29 is 9.59 Å². The van der Waals surface area contributed by atoms with Gasteiger partial charge in [-0.2, -0.15) is 0 Å². The highest BCUT2D eigenvalue weighted by Gasteiger charge is 2.32. The number of nitrogens with one attached hydrogen (secondary N) is 1. The van der Waals surface area contributed by atoms with Crippen LogP contribution in [0.1, 0.15) is 51.9 Å². The maximum atomic E-state index is 12.8. The lowest BCUT2D eigenvalue weighted by atomic mass is 9.92. The molecule has 0 radical (unpaired) electrons. The third-order valence-electron chi connectivity index (χ3n) is 7.03. The van der Waals surface area contributed by atoms with E-state index in [0.717, 1.165) is 71.0 Å². The van der Waals surface area contributed by atoms with Gasteiger partial charge in [-0.05, 0) is 83.5 Å². The van der Waals surface area contributed by atoms with Gasteiger partial charge in [0.2, 0.25) is 11.8 Å². The summed E-state index contributed by atoms with van der Waals surface area (Å²) in [6.07, 6.45) is 7.71. The minimum absolute atomic E-state index is 0.122. The standard InChI is InChI=1S/C22H40N4O2/c1-18-4-3-11-26(16-18)22(28)20-8-14-25(15-9-20)21(27)17-24-12-6-19(7-13-24)5-10-23-2/h18-20,23H,3-17H2,1-2H3. The Morgan fingerprint density at radius 1 is 0.929 bits per heavy atom. The summed E-state index contributed by atoms with van der Waals surface area (Å²) in [5.74, 6) is 2.14. The fourth-order valence-corrected chi connectivity index (χ4v) is 5.10. The van der Waals surface area contributed by atoms with Crippen LogP contribution in [0.3, 0.4) is 0 Å². The van der Waals surface area contributed by atoms with Gasteiger partial charge in [0.15, 0.2) is 0 Å². The third-order valence-corrected chi connectivity index (χ3v) is 7.03. The van der Waals surface area contributed by atoms with Crippen molar-refractivity contribution in [1.29, 1.82) is 0 Å². The van der Waals surface area contributed by atoms with Crippen LogP contribution in [0.2, 0.25) is 0 Å². The maximum Gasteiger partial charge on any atom is 0.236 e. The molecular weight excluding hydrogens is 352 g/mol. The van der Waals surface area contributed by atoms with Gasteiger partial charge in [0.25, 0.3) is 0 Å². The van der Waals surface area contributed by atoms with E-state index in [9.17, 15) is 9.59 Å². The third kappa shape index (κ3) is 5.93. The number of amides is 2. The number of hydrogen-bond acceptors (Lipinski definition) is 4. The van der Waals surface area contributed by atoms with Crippen molar-refractivity contribution in [1.82, 2.24) is 20.0 Å². The van der Waals surface area contributed by atoms with E-state index in [4.69, 9.17) is 0 Å². The second-order valence-corrected chi connectivity index (χ2v) is 9.30. The molecule has 0 saturated carbocycles. The van der Waals surface area contributed by atoms with E-state index in [1.54, 1.807) is 0 Å². The van der Waals surface area contributed by atoms with E-state index in [1.165, 1.54) is 25.7 Å². The van der Waals surface area contributed by atoms with Gasteiger partial charge >= 0.3 is 0 Å². The first-order valence-electron chi connectivity index (χ1n) is 11.5. The molecule has 1 N–H and O–H groups in total. The van der Waals surface area contributed by atoms with Crippen molar-refractivity contribution >= 4 is 11.8 Å². The lowest BCUT2D eigenvalue weighted by molar-refractivity contribution is -0.142. The maximum absolute atomic E-state index is 12.8. The van der Waals surface area contributed by atoms with Gasteiger partial charge in [-0.3, -0.25) is 14.5 Å². The Morgan fingerprint density at radius 2 is 1.64 bits per heavy atom. The van der Waals surface area contributed by atoms with Crippen LogP contribution >= 0.6 is 0 Å². The molecule has 3 aliphatic heterocycles. The molecule has 3 aliphatic rings. The van der Waals surface area contributed by atoms with Crippen LogP contribution in [-0.4, -0.2) is 85.9 Å². The molecule has 3 heterocycles. The van der Waals surface area contributed by atoms with Crippen LogP contribution in [0.15, 0.2) is 0 Å². The number of rotatable bonds is 6. The van der Waals surface area contributed by atoms with Gasteiger partial charge in [0, 0.05) is 32.1 Å². The molecule has 1 unspecified atom stereocenters. The minimum Gasteiger partial charge on any atom is -0.342 e. The molecule has 2 amide bonds. The predicted molar refractivity (Wildman–Crippen MR) is 112 cm³/mol. The topological polar surface area (TPSA) is 55.9 Å². The highest BCUT2D eigenvalue weighted by Crippen LogP contribution is 2.24. The van der Waals surface area contributed by atoms with Crippen LogP contribution < -0.4 is 5.32 Å². The summed E-state index contributed by atoms with van der Waals surface area (Å²) in [4.78, 5) is 31.9. The second-order valence-electron chi connectivity index (χ2n) is 9.30. The van der Waals surface area contributed by atoms with Gasteiger partial charge in [0.1, 0.15) is 0 Å². The second kappa shape index (κ2) is 10.6. The van der Waals surface area contributed by atoms with E-state index in [2.05, 4.69) is 22.0 Å². The van der Waals surface area contributed by atoms with Crippen molar-refractivity contribution in [3.63, 3.8) is 0 Å². The zero-order valence-corrected chi connectivity index (χ0v) is 18.0.